The van der Waals surface area contributed by atoms with E-state index in [-0.39, 0.29) is 5.54 Å². The molecule has 0 radical (unpaired) electrons. The summed E-state index contributed by atoms with van der Waals surface area (Å²) in [6, 6.07) is 0. The molecule has 0 aliphatic heterocycles. The van der Waals surface area contributed by atoms with Crippen molar-refractivity contribution in [3.63, 3.8) is 0 Å². The van der Waals surface area contributed by atoms with Crippen molar-refractivity contribution in [2.45, 2.75) is 83.1 Å². The molecule has 2 N–H and O–H groups in total. The van der Waals surface area contributed by atoms with Gasteiger partial charge in [0.2, 0.25) is 0 Å². The van der Waals surface area contributed by atoms with Gasteiger partial charge in [0.1, 0.15) is 5.01 Å². The van der Waals surface area contributed by atoms with Crippen LogP contribution in [0.15, 0.2) is 0 Å². The van der Waals surface area contributed by atoms with Crippen LogP contribution in [0.1, 0.15) is 80.3 Å². The number of nitrogens with two attached hydrogens (primary N) is 1. The van der Waals surface area contributed by atoms with Crippen LogP contribution in [0.2, 0.25) is 0 Å². The Balaban J connectivity index is 1.58. The Kier molecular flexibility index (Phi) is 3.42. The van der Waals surface area contributed by atoms with Crippen molar-refractivity contribution in [3.05, 3.63) is 15.6 Å². The number of aromatic nitrogens is 1. The number of hydrogen-bond acceptors (Lipinski definition) is 3. The predicted molar refractivity (Wildman–Crippen MR) is 88.5 cm³/mol. The maximum atomic E-state index is 6.75. The van der Waals surface area contributed by atoms with Gasteiger partial charge in [0, 0.05) is 4.88 Å². The monoisotopic (exact) mass is 304 g/mol. The summed E-state index contributed by atoms with van der Waals surface area (Å²) in [5, 5.41) is 1.26. The SMILES string of the molecule is CC1CCC(N)(c2nc3c(s2)CC2(CCCC2)CC3)CC1. The molecular weight excluding hydrogens is 276 g/mol. The van der Waals surface area contributed by atoms with Crippen LogP contribution in [0.4, 0.5) is 0 Å². The van der Waals surface area contributed by atoms with Crippen LogP contribution in [-0.4, -0.2) is 4.98 Å². The molecule has 1 aromatic heterocycles. The first-order valence-corrected chi connectivity index (χ1v) is 9.68. The number of rotatable bonds is 1. The highest BCUT2D eigenvalue weighted by molar-refractivity contribution is 7.11. The molecule has 0 bridgehead atoms. The quantitative estimate of drug-likeness (QED) is 0.826. The second kappa shape index (κ2) is 5.06. The second-order valence-electron chi connectivity index (χ2n) is 8.11. The molecule has 0 atom stereocenters. The molecule has 21 heavy (non-hydrogen) atoms. The molecule has 0 unspecified atom stereocenters. The molecule has 1 heterocycles. The van der Waals surface area contributed by atoms with Gasteiger partial charge in [-0.2, -0.15) is 0 Å². The minimum absolute atomic E-state index is 0.114. The van der Waals surface area contributed by atoms with Crippen molar-refractivity contribution in [1.29, 1.82) is 0 Å². The van der Waals surface area contributed by atoms with E-state index in [2.05, 4.69) is 6.92 Å². The van der Waals surface area contributed by atoms with Gasteiger partial charge in [-0.1, -0.05) is 19.8 Å². The Hall–Kier alpha value is -0.410. The van der Waals surface area contributed by atoms with Crippen molar-refractivity contribution in [1.82, 2.24) is 4.98 Å². The van der Waals surface area contributed by atoms with Crippen LogP contribution in [-0.2, 0) is 18.4 Å². The molecule has 2 nitrogen and oxygen atoms in total. The summed E-state index contributed by atoms with van der Waals surface area (Å²) < 4.78 is 0. The zero-order valence-corrected chi connectivity index (χ0v) is 14.1. The van der Waals surface area contributed by atoms with Crippen LogP contribution in [0, 0.1) is 11.3 Å². The number of hydrogen-bond donors (Lipinski definition) is 1. The highest BCUT2D eigenvalue weighted by atomic mass is 32.1. The normalized spacial score (nSPS) is 35.0. The minimum atomic E-state index is -0.114. The maximum Gasteiger partial charge on any atom is 0.113 e. The molecular formula is C18H28N2S. The number of thiazole rings is 1. The van der Waals surface area contributed by atoms with E-state index in [4.69, 9.17) is 10.7 Å². The zero-order chi connectivity index (χ0) is 14.5. The van der Waals surface area contributed by atoms with Crippen molar-refractivity contribution < 1.29 is 0 Å². The van der Waals surface area contributed by atoms with Gasteiger partial charge in [0.15, 0.2) is 0 Å². The fraction of sp³-hybridized carbons (Fsp3) is 0.833. The molecule has 1 aromatic rings. The highest BCUT2D eigenvalue weighted by Gasteiger charge is 2.41. The lowest BCUT2D eigenvalue weighted by molar-refractivity contribution is 0.245. The molecule has 116 valence electrons. The summed E-state index contributed by atoms with van der Waals surface area (Å²) in [4.78, 5) is 6.60. The molecule has 0 amide bonds. The Labute approximate surface area is 132 Å². The van der Waals surface area contributed by atoms with Crippen LogP contribution in [0.3, 0.4) is 0 Å². The van der Waals surface area contributed by atoms with Crippen LogP contribution >= 0.6 is 11.3 Å². The van der Waals surface area contributed by atoms with Crippen molar-refractivity contribution in [2.24, 2.45) is 17.1 Å². The van der Waals surface area contributed by atoms with Gasteiger partial charge < -0.3 is 5.73 Å². The summed E-state index contributed by atoms with van der Waals surface area (Å²) in [6.45, 7) is 2.36. The summed E-state index contributed by atoms with van der Waals surface area (Å²) in [7, 11) is 0. The number of fused-ring (bicyclic) bond motifs is 1. The standard InChI is InChI=1S/C18H28N2S/c1-13-4-10-18(19,11-5-13)16-20-14-6-9-17(7-2-3-8-17)12-15(14)21-16/h13H,2-12,19H2,1H3. The van der Waals surface area contributed by atoms with Gasteiger partial charge in [0.05, 0.1) is 11.2 Å². The summed E-state index contributed by atoms with van der Waals surface area (Å²) in [6.07, 6.45) is 14.5. The summed E-state index contributed by atoms with van der Waals surface area (Å²) >= 11 is 1.97. The number of aryl methyl sites for hydroxylation is 1. The van der Waals surface area contributed by atoms with Gasteiger partial charge in [-0.15, -0.1) is 11.3 Å². The second-order valence-corrected chi connectivity index (χ2v) is 9.20. The molecule has 3 heteroatoms. The van der Waals surface area contributed by atoms with Gasteiger partial charge in [-0.05, 0) is 69.1 Å². The molecule has 4 rings (SSSR count). The number of nitrogens with zero attached hydrogens (tertiary/aromatic N) is 1. The van der Waals surface area contributed by atoms with E-state index in [0.29, 0.717) is 5.41 Å². The van der Waals surface area contributed by atoms with E-state index in [1.807, 2.05) is 11.3 Å². The fourth-order valence-electron chi connectivity index (χ4n) is 4.79. The minimum Gasteiger partial charge on any atom is -0.319 e. The Morgan fingerprint density at radius 2 is 1.81 bits per heavy atom. The molecule has 2 fully saturated rings. The highest BCUT2D eigenvalue weighted by Crippen LogP contribution is 2.50. The van der Waals surface area contributed by atoms with E-state index >= 15 is 0 Å². The Morgan fingerprint density at radius 1 is 1.10 bits per heavy atom. The average molecular weight is 305 g/mol. The average Bonchev–Trinajstić information content (AvgIpc) is 3.10. The third kappa shape index (κ3) is 2.46. The van der Waals surface area contributed by atoms with Gasteiger partial charge in [-0.25, -0.2) is 4.98 Å². The van der Waals surface area contributed by atoms with Gasteiger partial charge in [0.25, 0.3) is 0 Å². The van der Waals surface area contributed by atoms with Crippen LogP contribution in [0.5, 0.6) is 0 Å². The molecule has 3 aliphatic carbocycles. The van der Waals surface area contributed by atoms with E-state index in [9.17, 15) is 0 Å². The Bertz CT molecular complexity index is 519. The summed E-state index contributed by atoms with van der Waals surface area (Å²) in [5.41, 5.74) is 8.67. The molecule has 3 aliphatic rings. The van der Waals surface area contributed by atoms with Crippen molar-refractivity contribution >= 4 is 11.3 Å². The third-order valence-electron chi connectivity index (χ3n) is 6.46. The molecule has 1 spiro atoms. The van der Waals surface area contributed by atoms with Crippen LogP contribution in [0.25, 0.3) is 0 Å². The lowest BCUT2D eigenvalue weighted by Crippen LogP contribution is -2.40. The maximum absolute atomic E-state index is 6.75. The first kappa shape index (κ1) is 14.2. The van der Waals surface area contributed by atoms with Gasteiger partial charge in [-0.3, -0.25) is 0 Å². The van der Waals surface area contributed by atoms with E-state index in [0.717, 1.165) is 18.8 Å². The largest absolute Gasteiger partial charge is 0.319 e. The first-order valence-electron chi connectivity index (χ1n) is 8.87. The summed E-state index contributed by atoms with van der Waals surface area (Å²) in [5.74, 6) is 0.845. The van der Waals surface area contributed by atoms with E-state index < -0.39 is 0 Å². The molecule has 0 aromatic carbocycles. The van der Waals surface area contributed by atoms with Crippen molar-refractivity contribution in [2.75, 3.05) is 0 Å². The lowest BCUT2D eigenvalue weighted by Gasteiger charge is -2.34. The lowest BCUT2D eigenvalue weighted by atomic mass is 9.74. The molecule has 0 saturated heterocycles. The Morgan fingerprint density at radius 3 is 2.52 bits per heavy atom. The van der Waals surface area contributed by atoms with E-state index in [1.54, 1.807) is 4.88 Å². The fourth-order valence-corrected chi connectivity index (χ4v) is 6.23. The van der Waals surface area contributed by atoms with Crippen LogP contribution < -0.4 is 5.73 Å². The van der Waals surface area contributed by atoms with Crippen molar-refractivity contribution in [3.8, 4) is 0 Å². The topological polar surface area (TPSA) is 38.9 Å². The van der Waals surface area contributed by atoms with Gasteiger partial charge >= 0.3 is 0 Å². The van der Waals surface area contributed by atoms with E-state index in [1.165, 1.54) is 68.5 Å². The third-order valence-corrected chi connectivity index (χ3v) is 7.78. The first-order chi connectivity index (χ1) is 10.1. The smallest absolute Gasteiger partial charge is 0.113 e. The predicted octanol–water partition coefficient (Wildman–Crippen LogP) is 4.56. The molecule has 2 saturated carbocycles. The zero-order valence-electron chi connectivity index (χ0n) is 13.3.